The maximum atomic E-state index is 5.94. The molecule has 0 aliphatic heterocycles. The molecule has 0 aliphatic rings. The molecule has 0 saturated carbocycles. The Labute approximate surface area is 119 Å². The van der Waals surface area contributed by atoms with Crippen LogP contribution in [0, 0.1) is 6.07 Å². The summed E-state index contributed by atoms with van der Waals surface area (Å²) >= 11 is 12.8. The number of rotatable bonds is 0. The first-order chi connectivity index (χ1) is 8.13. The molecule has 5 heteroatoms. The first-order valence-corrected chi connectivity index (χ1v) is 6.74. The van der Waals surface area contributed by atoms with Gasteiger partial charge in [0.15, 0.2) is 0 Å². The molecule has 1 heterocycles. The lowest BCUT2D eigenvalue weighted by Gasteiger charge is -2.03. The number of hydrogen-bond donors (Lipinski definition) is 0. The highest BCUT2D eigenvalue weighted by molar-refractivity contribution is 9.11. The number of hydrogen-bond acceptors (Lipinski definition) is 2. The van der Waals surface area contributed by atoms with E-state index in [4.69, 9.17) is 11.6 Å². The molecule has 0 unspecified atom stereocenters. The Morgan fingerprint density at radius 2 is 1.88 bits per heavy atom. The fourth-order valence-electron chi connectivity index (χ4n) is 1.61. The van der Waals surface area contributed by atoms with Crippen molar-refractivity contribution in [2.75, 3.05) is 0 Å². The Morgan fingerprint density at radius 3 is 2.71 bits per heavy atom. The molecule has 0 atom stereocenters. The van der Waals surface area contributed by atoms with E-state index in [0.717, 1.165) is 31.0 Å². The van der Waals surface area contributed by atoms with E-state index in [0.29, 0.717) is 5.02 Å². The quantitative estimate of drug-likeness (QED) is 0.533. The van der Waals surface area contributed by atoms with Crippen LogP contribution in [-0.4, -0.2) is 9.97 Å². The van der Waals surface area contributed by atoms with Crippen molar-refractivity contribution in [3.63, 3.8) is 0 Å². The van der Waals surface area contributed by atoms with Gasteiger partial charge in [0.05, 0.1) is 16.6 Å². The molecule has 0 amide bonds. The zero-order valence-corrected chi connectivity index (χ0v) is 12.3. The van der Waals surface area contributed by atoms with Gasteiger partial charge in [-0.15, -0.1) is 0 Å². The van der Waals surface area contributed by atoms with Gasteiger partial charge >= 0.3 is 0 Å². The summed E-state index contributed by atoms with van der Waals surface area (Å²) in [5.41, 5.74) is 3.09. The summed E-state index contributed by atoms with van der Waals surface area (Å²) in [6.45, 7) is 0. The van der Waals surface area contributed by atoms with Crippen molar-refractivity contribution in [3.8, 4) is 0 Å². The summed E-state index contributed by atoms with van der Waals surface area (Å²) in [6, 6.07) is 10.5. The Balaban J connectivity index is 2.48. The van der Waals surface area contributed by atoms with E-state index >= 15 is 0 Å². The smallest absolute Gasteiger partial charge is 0.104 e. The largest absolute Gasteiger partial charge is 0.244 e. The molecular weight excluding hydrogens is 367 g/mol. The van der Waals surface area contributed by atoms with E-state index in [1.807, 2.05) is 12.1 Å². The van der Waals surface area contributed by atoms with Gasteiger partial charge in [-0.25, -0.2) is 9.97 Å². The van der Waals surface area contributed by atoms with Gasteiger partial charge in [0, 0.05) is 20.0 Å². The van der Waals surface area contributed by atoms with E-state index in [1.54, 1.807) is 12.1 Å². The van der Waals surface area contributed by atoms with Crippen molar-refractivity contribution in [1.82, 2.24) is 9.97 Å². The van der Waals surface area contributed by atoms with Crippen molar-refractivity contribution >= 4 is 65.5 Å². The van der Waals surface area contributed by atoms with Crippen LogP contribution in [0.15, 0.2) is 33.2 Å². The van der Waals surface area contributed by atoms with Gasteiger partial charge in [-0.05, 0) is 40.2 Å². The molecule has 0 saturated heterocycles. The minimum atomic E-state index is 0.656. The Bertz CT molecular complexity index is 743. The molecule has 2 aromatic carbocycles. The Morgan fingerprint density at radius 1 is 1.06 bits per heavy atom. The first-order valence-electron chi connectivity index (χ1n) is 4.78. The van der Waals surface area contributed by atoms with Crippen LogP contribution in [0.4, 0.5) is 0 Å². The summed E-state index contributed by atoms with van der Waals surface area (Å²) in [6.07, 6.45) is 0. The number of aromatic nitrogens is 2. The topological polar surface area (TPSA) is 25.8 Å². The van der Waals surface area contributed by atoms with Crippen molar-refractivity contribution in [2.24, 2.45) is 0 Å². The molecule has 3 aromatic rings. The van der Waals surface area contributed by atoms with E-state index in [1.165, 1.54) is 0 Å². The molecule has 83 valence electrons. The average Bonchev–Trinajstić information content (AvgIpc) is 2.27. The van der Waals surface area contributed by atoms with Crippen molar-refractivity contribution in [1.29, 1.82) is 0 Å². The second-order valence-electron chi connectivity index (χ2n) is 3.52. The Kier molecular flexibility index (Phi) is 2.81. The second kappa shape index (κ2) is 4.19. The van der Waals surface area contributed by atoms with E-state index in [9.17, 15) is 0 Å². The number of fused-ring (bicyclic) bond motifs is 2. The molecule has 17 heavy (non-hydrogen) atoms. The van der Waals surface area contributed by atoms with Gasteiger partial charge < -0.3 is 0 Å². The van der Waals surface area contributed by atoms with Gasteiger partial charge in [0.1, 0.15) is 5.52 Å². The molecule has 0 aliphatic carbocycles. The normalized spacial score (nSPS) is 11.2. The fraction of sp³-hybridized carbons (Fsp3) is 0. The molecule has 3 rings (SSSR count). The molecule has 2 nitrogen and oxygen atoms in total. The molecule has 0 fully saturated rings. The number of halogens is 3. The predicted molar refractivity (Wildman–Crippen MR) is 76.3 cm³/mol. The zero-order valence-electron chi connectivity index (χ0n) is 8.34. The molecule has 0 N–H and O–H groups in total. The fourth-order valence-corrected chi connectivity index (χ4v) is 3.01. The van der Waals surface area contributed by atoms with Crippen LogP contribution in [-0.2, 0) is 0 Å². The maximum Gasteiger partial charge on any atom is 0.104 e. The molecule has 1 aromatic heterocycles. The van der Waals surface area contributed by atoms with Gasteiger partial charge in [0.25, 0.3) is 0 Å². The van der Waals surface area contributed by atoms with E-state index in [2.05, 4.69) is 47.9 Å². The molecule has 0 bridgehead atoms. The van der Waals surface area contributed by atoms with Gasteiger partial charge in [-0.3, -0.25) is 0 Å². The standard InChI is InChI=1S/C12H4Br2ClN2/c13-6-3-8(14)12-11(4-6)16-9-2-1-7(15)5-10(9)17-12/h1-3,5H. The van der Waals surface area contributed by atoms with Gasteiger partial charge in [-0.1, -0.05) is 27.5 Å². The zero-order chi connectivity index (χ0) is 12.0. The van der Waals surface area contributed by atoms with Crippen LogP contribution in [0.3, 0.4) is 0 Å². The van der Waals surface area contributed by atoms with Crippen LogP contribution in [0.2, 0.25) is 5.02 Å². The van der Waals surface area contributed by atoms with Gasteiger partial charge in [0.2, 0.25) is 0 Å². The highest BCUT2D eigenvalue weighted by atomic mass is 79.9. The minimum Gasteiger partial charge on any atom is -0.244 e. The second-order valence-corrected chi connectivity index (χ2v) is 5.66. The van der Waals surface area contributed by atoms with E-state index in [-0.39, 0.29) is 0 Å². The summed E-state index contributed by atoms with van der Waals surface area (Å²) in [7, 11) is 0. The highest BCUT2D eigenvalue weighted by Crippen LogP contribution is 2.27. The monoisotopic (exact) mass is 369 g/mol. The molecule has 1 radical (unpaired) electrons. The maximum absolute atomic E-state index is 5.94. The summed E-state index contributed by atoms with van der Waals surface area (Å²) in [5.74, 6) is 0. The van der Waals surface area contributed by atoms with Crippen LogP contribution in [0.5, 0.6) is 0 Å². The third-order valence-electron chi connectivity index (χ3n) is 2.34. The number of benzene rings is 2. The van der Waals surface area contributed by atoms with Crippen LogP contribution >= 0.6 is 43.5 Å². The third-order valence-corrected chi connectivity index (χ3v) is 3.61. The van der Waals surface area contributed by atoms with E-state index < -0.39 is 0 Å². The van der Waals surface area contributed by atoms with Gasteiger partial charge in [-0.2, -0.15) is 0 Å². The summed E-state index contributed by atoms with van der Waals surface area (Å²) < 4.78 is 1.73. The summed E-state index contributed by atoms with van der Waals surface area (Å²) in [4.78, 5) is 9.04. The van der Waals surface area contributed by atoms with Crippen molar-refractivity contribution in [2.45, 2.75) is 0 Å². The molecule has 0 spiro atoms. The molecular formula is C12H4Br2ClN2. The van der Waals surface area contributed by atoms with Crippen LogP contribution < -0.4 is 0 Å². The van der Waals surface area contributed by atoms with Crippen molar-refractivity contribution < 1.29 is 0 Å². The van der Waals surface area contributed by atoms with Crippen LogP contribution in [0.1, 0.15) is 0 Å². The van der Waals surface area contributed by atoms with Crippen molar-refractivity contribution in [3.05, 3.63) is 44.3 Å². The lowest BCUT2D eigenvalue weighted by molar-refractivity contribution is 1.38. The number of nitrogens with zero attached hydrogens (tertiary/aromatic N) is 2. The summed E-state index contributed by atoms with van der Waals surface area (Å²) in [5, 5.41) is 0.656. The average molecular weight is 371 g/mol. The Hall–Kier alpha value is -0.710. The first kappa shape index (κ1) is 11.4. The van der Waals surface area contributed by atoms with Crippen LogP contribution in [0.25, 0.3) is 22.1 Å². The SMILES string of the molecule is Clc1ccc2nc3[c]c(Br)cc(Br)c3nc2c1. The lowest BCUT2D eigenvalue weighted by atomic mass is 10.2. The minimum absolute atomic E-state index is 0.656. The third kappa shape index (κ3) is 2.05. The lowest BCUT2D eigenvalue weighted by Crippen LogP contribution is -1.89. The predicted octanol–water partition coefficient (Wildman–Crippen LogP) is 4.76. The highest BCUT2D eigenvalue weighted by Gasteiger charge is 2.07.